The Balaban J connectivity index is 1.22. The highest BCUT2D eigenvalue weighted by Crippen LogP contribution is 2.54. The van der Waals surface area contributed by atoms with Crippen molar-refractivity contribution >= 4 is 70.6 Å². The van der Waals surface area contributed by atoms with Crippen molar-refractivity contribution in [2.24, 2.45) is 0 Å². The Bertz CT molecular complexity index is 2010. The largest absolute Gasteiger partial charge is 0.399 e. The predicted octanol–water partition coefficient (Wildman–Crippen LogP) is 0.799. The molecule has 0 radical (unpaired) electrons. The minimum atomic E-state index is -4.22. The molecule has 6 N–H and O–H groups in total. The summed E-state index contributed by atoms with van der Waals surface area (Å²) in [6.07, 6.45) is -7.23. The summed E-state index contributed by atoms with van der Waals surface area (Å²) in [4.78, 5) is 52.3. The quantitative estimate of drug-likeness (QED) is 0.168. The van der Waals surface area contributed by atoms with Crippen LogP contribution < -0.4 is 17.0 Å². The maximum atomic E-state index is 16.1. The van der Waals surface area contributed by atoms with E-state index in [2.05, 4.69) is 19.9 Å². The number of nitrogens with two attached hydrogens (primary N) is 2. The summed E-state index contributed by atoms with van der Waals surface area (Å²) in [6, 6.07) is 4.60. The van der Waals surface area contributed by atoms with E-state index in [0.29, 0.717) is 11.2 Å². The second-order valence-corrected chi connectivity index (χ2v) is 16.3. The van der Waals surface area contributed by atoms with Gasteiger partial charge in [-0.3, -0.25) is 23.0 Å². The smallest absolute Gasteiger partial charge is 0.325 e. The van der Waals surface area contributed by atoms with Crippen molar-refractivity contribution in [2.45, 2.75) is 49.1 Å². The lowest BCUT2D eigenvalue weighted by Gasteiger charge is -2.28. The molecule has 3 aromatic heterocycles. The third kappa shape index (κ3) is 6.10. The van der Waals surface area contributed by atoms with E-state index in [1.807, 2.05) is 0 Å². The molecule has 23 heteroatoms. The summed E-state index contributed by atoms with van der Waals surface area (Å²) in [5.41, 5.74) is 12.3. The van der Waals surface area contributed by atoms with Crippen LogP contribution in [0, 0.1) is 0 Å². The first-order chi connectivity index (χ1) is 22.4. The zero-order valence-electron chi connectivity index (χ0n) is 24.1. The molecule has 7 rings (SSSR count). The van der Waals surface area contributed by atoms with Gasteiger partial charge < -0.3 is 44.5 Å². The number of ether oxygens (including phenoxy) is 3. The number of imidazole rings is 1. The number of nitrogen functional groups attached to an aromatic ring is 2. The summed E-state index contributed by atoms with van der Waals surface area (Å²) < 4.78 is 59.0. The van der Waals surface area contributed by atoms with E-state index in [4.69, 9.17) is 67.4 Å². The molecule has 3 saturated heterocycles. The molecule has 10 atom stereocenters. The van der Waals surface area contributed by atoms with Crippen molar-refractivity contribution in [3.05, 3.63) is 47.5 Å². The molecule has 0 aliphatic carbocycles. The van der Waals surface area contributed by atoms with Crippen LogP contribution in [-0.4, -0.2) is 95.9 Å². The molecule has 47 heavy (non-hydrogen) atoms. The minimum Gasteiger partial charge on any atom is -0.399 e. The van der Waals surface area contributed by atoms with Crippen LogP contribution in [0.25, 0.3) is 22.1 Å². The van der Waals surface area contributed by atoms with Crippen LogP contribution in [0.2, 0.25) is 0 Å². The lowest BCUT2D eigenvalue weighted by molar-refractivity contribution is -0.0629. The lowest BCUT2D eigenvalue weighted by atomic mass is 10.1. The molecule has 2 unspecified atom stereocenters. The number of anilines is 2. The molecule has 4 aromatic rings. The van der Waals surface area contributed by atoms with Crippen LogP contribution in [-0.2, 0) is 55.9 Å². The summed E-state index contributed by atoms with van der Waals surface area (Å²) in [6.45, 7) is -9.47. The number of fused-ring (bicyclic) bond motifs is 5. The van der Waals surface area contributed by atoms with E-state index in [0.717, 1.165) is 4.57 Å². The monoisotopic (exact) mass is 732 g/mol. The molecule has 2 bridgehead atoms. The standard InChI is InChI=1S/C24H27FN8O10P2S2/c1-37-18-14-6-39-44(35,46)42-17-13(40-23(15(17)25)32-9-31-16-20(27)28-7-29-21(16)32)5-38-45(36,47)43-19(18)24(41-14)33-8-30-12-4-10(26)2-3-11(12)22(33)34/h2-4,7-9,13-15,17-19,23-24H,5-6,26H2,1H3,(H,35,46)(H,36,47)(H2,27,28,29)/t13-,14-,15-,17-,18-,19-,23-,24-,44?,45?/m1/s1. The van der Waals surface area contributed by atoms with Gasteiger partial charge in [0.05, 0.1) is 30.4 Å². The van der Waals surface area contributed by atoms with E-state index in [-0.39, 0.29) is 22.4 Å². The lowest BCUT2D eigenvalue weighted by Crippen LogP contribution is -2.38. The Morgan fingerprint density at radius 3 is 2.38 bits per heavy atom. The first kappa shape index (κ1) is 32.9. The number of alkyl halides is 1. The van der Waals surface area contributed by atoms with Gasteiger partial charge >= 0.3 is 13.4 Å². The second-order valence-electron chi connectivity index (χ2n) is 10.8. The molecule has 252 valence electrons. The van der Waals surface area contributed by atoms with E-state index < -0.39 is 81.4 Å². The highest BCUT2D eigenvalue weighted by Gasteiger charge is 2.53. The SMILES string of the molecule is CO[C@H]1[C@H]2OP(O)(=S)OC[C@H]3O[C@@H](n4cnc5c(N)ncnc54)[C@H](F)[C@@H]3OP(O)(=S)OC[C@H]1O[C@H]2n1cnc2cc(N)ccc2c1=O. The topological polar surface area (TPSA) is 236 Å². The summed E-state index contributed by atoms with van der Waals surface area (Å²) >= 11 is 10.6. The Labute approximate surface area is 274 Å². The van der Waals surface area contributed by atoms with Crippen LogP contribution in [0.5, 0.6) is 0 Å². The van der Waals surface area contributed by atoms with Gasteiger partial charge in [-0.2, -0.15) is 0 Å². The average molecular weight is 733 g/mol. The van der Waals surface area contributed by atoms with E-state index in [1.165, 1.54) is 42.8 Å². The van der Waals surface area contributed by atoms with Gasteiger partial charge in [-0.25, -0.2) is 24.3 Å². The molecule has 18 nitrogen and oxygen atoms in total. The fraction of sp³-hybridized carbons (Fsp3) is 0.458. The maximum Gasteiger partial charge on any atom is 0.325 e. The van der Waals surface area contributed by atoms with Crippen molar-refractivity contribution < 1.29 is 46.5 Å². The maximum absolute atomic E-state index is 16.1. The summed E-state index contributed by atoms with van der Waals surface area (Å²) in [5, 5.41) is 0.227. The van der Waals surface area contributed by atoms with Crippen LogP contribution >= 0.6 is 13.4 Å². The first-order valence-electron chi connectivity index (χ1n) is 13.8. The molecule has 6 heterocycles. The number of halogens is 1. The highest BCUT2D eigenvalue weighted by atomic mass is 32.5. The van der Waals surface area contributed by atoms with Crippen LogP contribution in [0.4, 0.5) is 15.9 Å². The molecule has 0 saturated carbocycles. The number of hydrogen-bond donors (Lipinski definition) is 4. The van der Waals surface area contributed by atoms with Gasteiger partial charge in [0.1, 0.15) is 48.7 Å². The number of aromatic nitrogens is 6. The zero-order valence-corrected chi connectivity index (χ0v) is 27.5. The molecular weight excluding hydrogens is 705 g/mol. The molecule has 0 spiro atoms. The highest BCUT2D eigenvalue weighted by molar-refractivity contribution is 8.07. The van der Waals surface area contributed by atoms with E-state index in [9.17, 15) is 14.6 Å². The van der Waals surface area contributed by atoms with Gasteiger partial charge in [-0.1, -0.05) is 0 Å². The fourth-order valence-corrected chi connectivity index (χ4v) is 8.58. The van der Waals surface area contributed by atoms with E-state index in [1.54, 1.807) is 6.07 Å². The second kappa shape index (κ2) is 12.4. The Hall–Kier alpha value is -2.62. The third-order valence-electron chi connectivity index (χ3n) is 7.88. The molecule has 3 aliphatic rings. The first-order valence-corrected chi connectivity index (χ1v) is 19.0. The van der Waals surface area contributed by atoms with Crippen molar-refractivity contribution in [3.63, 3.8) is 0 Å². The van der Waals surface area contributed by atoms with Crippen LogP contribution in [0.1, 0.15) is 12.5 Å². The normalized spacial score (nSPS) is 36.5. The average Bonchev–Trinajstić information content (AvgIpc) is 3.69. The number of benzene rings is 1. The van der Waals surface area contributed by atoms with Gasteiger partial charge in [0, 0.05) is 12.8 Å². The predicted molar refractivity (Wildman–Crippen MR) is 168 cm³/mol. The van der Waals surface area contributed by atoms with Gasteiger partial charge in [0.25, 0.3) is 5.56 Å². The van der Waals surface area contributed by atoms with Crippen molar-refractivity contribution in [2.75, 3.05) is 31.8 Å². The summed E-state index contributed by atoms with van der Waals surface area (Å²) in [7, 11) is 1.33. The van der Waals surface area contributed by atoms with Gasteiger partial charge in [0.2, 0.25) is 0 Å². The third-order valence-corrected chi connectivity index (χ3v) is 11.0. The summed E-state index contributed by atoms with van der Waals surface area (Å²) in [5.74, 6) is 0.0672. The molecule has 3 aliphatic heterocycles. The van der Waals surface area contributed by atoms with Crippen molar-refractivity contribution in [1.82, 2.24) is 29.1 Å². The minimum absolute atomic E-state index is 0.0672. The van der Waals surface area contributed by atoms with Gasteiger partial charge in [-0.05, 0) is 41.8 Å². The molecule has 1 aromatic carbocycles. The Morgan fingerprint density at radius 1 is 0.957 bits per heavy atom. The Kier molecular flexibility index (Phi) is 8.66. The zero-order chi connectivity index (χ0) is 33.2. The van der Waals surface area contributed by atoms with Gasteiger partial charge in [-0.15, -0.1) is 0 Å². The number of nitrogens with zero attached hydrogens (tertiary/aromatic N) is 6. The molecule has 3 fully saturated rings. The fourth-order valence-electron chi connectivity index (χ4n) is 5.74. The van der Waals surface area contributed by atoms with Crippen LogP contribution in [0.15, 0.2) is 42.0 Å². The van der Waals surface area contributed by atoms with Gasteiger partial charge in [0.15, 0.2) is 30.1 Å². The number of rotatable bonds is 3. The molecular formula is C24H27FN8O10P2S2. The molecule has 0 amide bonds. The van der Waals surface area contributed by atoms with Crippen LogP contribution in [0.3, 0.4) is 0 Å². The number of hydrogen-bond acceptors (Lipinski definition) is 16. The van der Waals surface area contributed by atoms with Crippen molar-refractivity contribution in [3.8, 4) is 0 Å². The Morgan fingerprint density at radius 2 is 1.64 bits per heavy atom. The number of methoxy groups -OCH3 is 1. The van der Waals surface area contributed by atoms with Crippen molar-refractivity contribution in [1.29, 1.82) is 0 Å². The van der Waals surface area contributed by atoms with E-state index >= 15 is 4.39 Å².